The van der Waals surface area contributed by atoms with Gasteiger partial charge in [0.2, 0.25) is 0 Å². The first-order valence-corrected chi connectivity index (χ1v) is 9.86. The maximum Gasteiger partial charge on any atom is 0.287 e. The molecule has 0 unspecified atom stereocenters. The van der Waals surface area contributed by atoms with Gasteiger partial charge in [0, 0.05) is 17.1 Å². The summed E-state index contributed by atoms with van der Waals surface area (Å²) in [4.78, 5) is 12.6. The van der Waals surface area contributed by atoms with Crippen LogP contribution in [0.1, 0.15) is 21.7 Å². The van der Waals surface area contributed by atoms with Crippen LogP contribution in [0.4, 0.5) is 0 Å². The molecule has 0 aliphatic rings. The molecule has 3 rings (SSSR count). The maximum atomic E-state index is 12.5. The number of furan rings is 1. The first kappa shape index (κ1) is 18.2. The quantitative estimate of drug-likeness (QED) is 0.695. The Morgan fingerprint density at radius 1 is 0.962 bits per heavy atom. The third kappa shape index (κ3) is 4.15. The van der Waals surface area contributed by atoms with Crippen LogP contribution in [0.5, 0.6) is 0 Å². The Morgan fingerprint density at radius 3 is 2.38 bits per heavy atom. The number of carbonyl (C=O) groups is 1. The first-order chi connectivity index (χ1) is 12.5. The molecular formula is C19H16ClNO4S. The van der Waals surface area contributed by atoms with Gasteiger partial charge in [0.05, 0.1) is 16.9 Å². The second-order valence-electron chi connectivity index (χ2n) is 5.62. The molecule has 0 aliphatic heterocycles. The molecule has 2 aromatic carbocycles. The standard InChI is InChI=1S/C19H16ClNO4S/c20-17-9-5-4-6-14(17)12-21-19(22)18-15(10-11-25-18)13-26(23,24)16-7-2-1-3-8-16/h1-11H,12-13H2,(H,21,22). The minimum Gasteiger partial charge on any atom is -0.459 e. The van der Waals surface area contributed by atoms with Crippen molar-refractivity contribution in [3.05, 3.63) is 88.8 Å². The number of hydrogen-bond donors (Lipinski definition) is 1. The number of rotatable bonds is 6. The highest BCUT2D eigenvalue weighted by molar-refractivity contribution is 7.90. The molecule has 5 nitrogen and oxygen atoms in total. The average molecular weight is 390 g/mol. The number of benzene rings is 2. The number of halogens is 1. The van der Waals surface area contributed by atoms with Crippen LogP contribution in [0, 0.1) is 0 Å². The van der Waals surface area contributed by atoms with Crippen molar-refractivity contribution in [3.8, 4) is 0 Å². The van der Waals surface area contributed by atoms with Gasteiger partial charge in [0.1, 0.15) is 0 Å². The van der Waals surface area contributed by atoms with E-state index in [1.807, 2.05) is 6.07 Å². The molecular weight excluding hydrogens is 374 g/mol. The molecule has 0 bridgehead atoms. The van der Waals surface area contributed by atoms with Crippen LogP contribution < -0.4 is 5.32 Å². The van der Waals surface area contributed by atoms with Crippen LogP contribution in [0.25, 0.3) is 0 Å². The third-order valence-electron chi connectivity index (χ3n) is 3.80. The molecule has 0 fully saturated rings. The van der Waals surface area contributed by atoms with Gasteiger partial charge in [-0.15, -0.1) is 0 Å². The van der Waals surface area contributed by atoms with Crippen LogP contribution in [0.2, 0.25) is 5.02 Å². The minimum absolute atomic E-state index is 0.0171. The van der Waals surface area contributed by atoms with E-state index in [2.05, 4.69) is 5.32 Å². The zero-order valence-corrected chi connectivity index (χ0v) is 15.3. The number of sulfone groups is 1. The maximum absolute atomic E-state index is 12.5. The van der Waals surface area contributed by atoms with Gasteiger partial charge in [0.15, 0.2) is 15.6 Å². The molecule has 134 valence electrons. The van der Waals surface area contributed by atoms with Gasteiger partial charge < -0.3 is 9.73 Å². The molecule has 0 spiro atoms. The average Bonchev–Trinajstić information content (AvgIpc) is 3.09. The number of amides is 1. The summed E-state index contributed by atoms with van der Waals surface area (Å²) < 4.78 is 30.2. The van der Waals surface area contributed by atoms with Crippen molar-refractivity contribution >= 4 is 27.3 Å². The van der Waals surface area contributed by atoms with Crippen molar-refractivity contribution in [1.29, 1.82) is 0 Å². The fourth-order valence-corrected chi connectivity index (χ4v) is 4.04. The second-order valence-corrected chi connectivity index (χ2v) is 8.02. The van der Waals surface area contributed by atoms with E-state index in [9.17, 15) is 13.2 Å². The van der Waals surface area contributed by atoms with Crippen molar-refractivity contribution in [1.82, 2.24) is 5.32 Å². The lowest BCUT2D eigenvalue weighted by molar-refractivity contribution is 0.0922. The zero-order valence-electron chi connectivity index (χ0n) is 13.7. The van der Waals surface area contributed by atoms with Gasteiger partial charge in [-0.2, -0.15) is 0 Å². The fraction of sp³-hybridized carbons (Fsp3) is 0.105. The number of carbonyl (C=O) groups excluding carboxylic acids is 1. The molecule has 0 radical (unpaired) electrons. The van der Waals surface area contributed by atoms with Gasteiger partial charge in [-0.25, -0.2) is 8.42 Å². The molecule has 1 N–H and O–H groups in total. The summed E-state index contributed by atoms with van der Waals surface area (Å²) in [5.41, 5.74) is 1.07. The summed E-state index contributed by atoms with van der Waals surface area (Å²) >= 11 is 6.06. The second kappa shape index (κ2) is 7.76. The molecule has 0 aliphatic carbocycles. The Kier molecular flexibility index (Phi) is 5.44. The molecule has 1 amide bonds. The van der Waals surface area contributed by atoms with E-state index in [1.165, 1.54) is 24.5 Å². The third-order valence-corrected chi connectivity index (χ3v) is 5.85. The predicted molar refractivity (Wildman–Crippen MR) is 98.7 cm³/mol. The van der Waals surface area contributed by atoms with Crippen molar-refractivity contribution in [2.75, 3.05) is 0 Å². The molecule has 1 heterocycles. The number of hydrogen-bond acceptors (Lipinski definition) is 4. The Labute approximate surface area is 156 Å². The summed E-state index contributed by atoms with van der Waals surface area (Å²) in [6.07, 6.45) is 1.31. The summed E-state index contributed by atoms with van der Waals surface area (Å²) in [6.45, 7) is 0.212. The van der Waals surface area contributed by atoms with Crippen LogP contribution in [-0.4, -0.2) is 14.3 Å². The van der Waals surface area contributed by atoms with Gasteiger partial charge in [-0.1, -0.05) is 48.0 Å². The van der Waals surface area contributed by atoms with Crippen molar-refractivity contribution in [3.63, 3.8) is 0 Å². The van der Waals surface area contributed by atoms with Crippen molar-refractivity contribution in [2.45, 2.75) is 17.2 Å². The van der Waals surface area contributed by atoms with E-state index in [-0.39, 0.29) is 23.0 Å². The summed E-state index contributed by atoms with van der Waals surface area (Å²) in [6, 6.07) is 16.7. The summed E-state index contributed by atoms with van der Waals surface area (Å²) in [7, 11) is -3.57. The highest BCUT2D eigenvalue weighted by Gasteiger charge is 2.22. The highest BCUT2D eigenvalue weighted by Crippen LogP contribution is 2.20. The Hall–Kier alpha value is -2.57. The molecule has 0 atom stereocenters. The van der Waals surface area contributed by atoms with E-state index in [0.717, 1.165) is 5.56 Å². The fourth-order valence-electron chi connectivity index (χ4n) is 2.46. The zero-order chi connectivity index (χ0) is 18.6. The largest absolute Gasteiger partial charge is 0.459 e. The SMILES string of the molecule is O=C(NCc1ccccc1Cl)c1occc1CS(=O)(=O)c1ccccc1. The van der Waals surface area contributed by atoms with E-state index in [4.69, 9.17) is 16.0 Å². The summed E-state index contributed by atoms with van der Waals surface area (Å²) in [5.74, 6) is -0.827. The molecule has 7 heteroatoms. The van der Waals surface area contributed by atoms with E-state index < -0.39 is 15.7 Å². The normalized spacial score (nSPS) is 11.3. The predicted octanol–water partition coefficient (Wildman–Crippen LogP) is 3.84. The molecule has 3 aromatic rings. The Morgan fingerprint density at radius 2 is 1.65 bits per heavy atom. The molecule has 1 aromatic heterocycles. The van der Waals surface area contributed by atoms with Crippen LogP contribution in [0.3, 0.4) is 0 Å². The van der Waals surface area contributed by atoms with Crippen LogP contribution in [0.15, 0.2) is 76.2 Å². The van der Waals surface area contributed by atoms with E-state index in [1.54, 1.807) is 36.4 Å². The lowest BCUT2D eigenvalue weighted by atomic mass is 10.2. The van der Waals surface area contributed by atoms with E-state index in [0.29, 0.717) is 10.6 Å². The van der Waals surface area contributed by atoms with Gasteiger partial charge in [0.25, 0.3) is 5.91 Å². The van der Waals surface area contributed by atoms with Gasteiger partial charge in [-0.05, 0) is 29.8 Å². The minimum atomic E-state index is -3.57. The topological polar surface area (TPSA) is 76.4 Å². The monoisotopic (exact) mass is 389 g/mol. The summed E-state index contributed by atoms with van der Waals surface area (Å²) in [5, 5.41) is 3.24. The molecule has 0 saturated carbocycles. The van der Waals surface area contributed by atoms with Crippen molar-refractivity contribution in [2.24, 2.45) is 0 Å². The van der Waals surface area contributed by atoms with Crippen LogP contribution in [-0.2, 0) is 22.1 Å². The van der Waals surface area contributed by atoms with Crippen molar-refractivity contribution < 1.29 is 17.6 Å². The smallest absolute Gasteiger partial charge is 0.287 e. The van der Waals surface area contributed by atoms with Gasteiger partial charge >= 0.3 is 0 Å². The van der Waals surface area contributed by atoms with Crippen LogP contribution >= 0.6 is 11.6 Å². The number of nitrogens with one attached hydrogen (secondary N) is 1. The lowest BCUT2D eigenvalue weighted by Crippen LogP contribution is -2.24. The lowest BCUT2D eigenvalue weighted by Gasteiger charge is -2.07. The highest BCUT2D eigenvalue weighted by atomic mass is 35.5. The first-order valence-electron chi connectivity index (χ1n) is 7.83. The van der Waals surface area contributed by atoms with E-state index >= 15 is 0 Å². The Balaban J connectivity index is 1.74. The van der Waals surface area contributed by atoms with Gasteiger partial charge in [-0.3, -0.25) is 4.79 Å². The molecule has 0 saturated heterocycles. The Bertz CT molecular complexity index is 1010. The molecule has 26 heavy (non-hydrogen) atoms.